The van der Waals surface area contributed by atoms with Gasteiger partial charge < -0.3 is 5.32 Å². The van der Waals surface area contributed by atoms with Crippen molar-refractivity contribution in [2.24, 2.45) is 0 Å². The molecule has 1 nitrogen and oxygen atoms in total. The Morgan fingerprint density at radius 3 is 2.32 bits per heavy atom. The standard InChI is InChI=1S/C12H13F6N/c1-7(3-2-6-12(16,17)18)19-9-5-4-8(13)10(14)11(9)15/h4-5,7,19H,2-3,6H2,1H3. The molecule has 0 spiro atoms. The Balaban J connectivity index is 2.53. The van der Waals surface area contributed by atoms with Crippen LogP contribution >= 0.6 is 0 Å². The molecule has 1 atom stereocenters. The van der Waals surface area contributed by atoms with Crippen molar-refractivity contribution in [3.8, 4) is 0 Å². The lowest BCUT2D eigenvalue weighted by Crippen LogP contribution is -2.18. The number of alkyl halides is 3. The zero-order valence-corrected chi connectivity index (χ0v) is 10.1. The van der Waals surface area contributed by atoms with Gasteiger partial charge in [-0.3, -0.25) is 0 Å². The summed E-state index contributed by atoms with van der Waals surface area (Å²) in [6, 6.07) is 1.28. The molecule has 1 rings (SSSR count). The van der Waals surface area contributed by atoms with E-state index >= 15 is 0 Å². The molecule has 0 aliphatic rings. The lowest BCUT2D eigenvalue weighted by atomic mass is 10.1. The highest BCUT2D eigenvalue weighted by Crippen LogP contribution is 2.24. The number of halogens is 6. The Morgan fingerprint density at radius 2 is 1.74 bits per heavy atom. The summed E-state index contributed by atoms with van der Waals surface area (Å²) in [7, 11) is 0. The van der Waals surface area contributed by atoms with Crippen LogP contribution in [0.25, 0.3) is 0 Å². The Kier molecular flexibility index (Phi) is 5.08. The summed E-state index contributed by atoms with van der Waals surface area (Å²) in [6.45, 7) is 1.54. The number of hydrogen-bond acceptors (Lipinski definition) is 1. The summed E-state index contributed by atoms with van der Waals surface area (Å²) in [5.74, 6) is -4.29. The van der Waals surface area contributed by atoms with E-state index in [-0.39, 0.29) is 18.5 Å². The van der Waals surface area contributed by atoms with E-state index in [2.05, 4.69) is 5.32 Å². The molecule has 0 heterocycles. The summed E-state index contributed by atoms with van der Waals surface area (Å²) in [6.07, 6.45) is -5.15. The second-order valence-corrected chi connectivity index (χ2v) is 4.28. The maximum atomic E-state index is 13.3. The van der Waals surface area contributed by atoms with Gasteiger partial charge >= 0.3 is 6.18 Å². The second-order valence-electron chi connectivity index (χ2n) is 4.28. The molecule has 0 saturated carbocycles. The van der Waals surface area contributed by atoms with Gasteiger partial charge in [-0.25, -0.2) is 13.2 Å². The van der Waals surface area contributed by atoms with Crippen molar-refractivity contribution in [1.29, 1.82) is 0 Å². The van der Waals surface area contributed by atoms with Gasteiger partial charge in [-0.1, -0.05) is 0 Å². The van der Waals surface area contributed by atoms with Crippen LogP contribution in [0.3, 0.4) is 0 Å². The van der Waals surface area contributed by atoms with Crippen LogP contribution in [-0.2, 0) is 0 Å². The van der Waals surface area contributed by atoms with Crippen molar-refractivity contribution in [2.75, 3.05) is 5.32 Å². The fourth-order valence-electron chi connectivity index (χ4n) is 1.58. The largest absolute Gasteiger partial charge is 0.389 e. The summed E-state index contributed by atoms with van der Waals surface area (Å²) >= 11 is 0. The first-order valence-corrected chi connectivity index (χ1v) is 5.67. The first-order valence-electron chi connectivity index (χ1n) is 5.67. The van der Waals surface area contributed by atoms with E-state index in [1.54, 1.807) is 0 Å². The normalized spacial score (nSPS) is 13.4. The van der Waals surface area contributed by atoms with Crippen molar-refractivity contribution < 1.29 is 26.3 Å². The van der Waals surface area contributed by atoms with Crippen molar-refractivity contribution in [3.63, 3.8) is 0 Å². The number of benzene rings is 1. The maximum absolute atomic E-state index is 13.3. The van der Waals surface area contributed by atoms with Crippen LogP contribution in [0.15, 0.2) is 12.1 Å². The molecule has 0 amide bonds. The van der Waals surface area contributed by atoms with Gasteiger partial charge in [0.05, 0.1) is 5.69 Å². The molecule has 0 saturated heterocycles. The zero-order chi connectivity index (χ0) is 14.6. The molecule has 0 aliphatic carbocycles. The lowest BCUT2D eigenvalue weighted by molar-refractivity contribution is -0.135. The van der Waals surface area contributed by atoms with Gasteiger partial charge in [-0.2, -0.15) is 13.2 Å². The lowest BCUT2D eigenvalue weighted by Gasteiger charge is -2.16. The third-order valence-corrected chi connectivity index (χ3v) is 2.53. The molecule has 1 N–H and O–H groups in total. The third kappa shape index (κ3) is 5.00. The van der Waals surface area contributed by atoms with Crippen molar-refractivity contribution in [3.05, 3.63) is 29.6 Å². The molecule has 0 aliphatic heterocycles. The van der Waals surface area contributed by atoms with Crippen LogP contribution in [0.1, 0.15) is 26.2 Å². The minimum atomic E-state index is -4.23. The molecule has 1 aromatic rings. The van der Waals surface area contributed by atoms with Crippen molar-refractivity contribution >= 4 is 5.69 Å². The Bertz CT molecular complexity index is 429. The minimum absolute atomic E-state index is 0.122. The van der Waals surface area contributed by atoms with Crippen LogP contribution in [0.2, 0.25) is 0 Å². The van der Waals surface area contributed by atoms with Gasteiger partial charge in [0.2, 0.25) is 0 Å². The van der Waals surface area contributed by atoms with Gasteiger partial charge in [0.1, 0.15) is 0 Å². The summed E-state index contributed by atoms with van der Waals surface area (Å²) in [5.41, 5.74) is -0.265. The number of nitrogens with one attached hydrogen (secondary N) is 1. The van der Waals surface area contributed by atoms with Gasteiger partial charge in [-0.15, -0.1) is 0 Å². The summed E-state index contributed by atoms with van der Waals surface area (Å²) in [5, 5.41) is 2.52. The van der Waals surface area contributed by atoms with Crippen LogP contribution in [-0.4, -0.2) is 12.2 Å². The monoisotopic (exact) mass is 285 g/mol. The van der Waals surface area contributed by atoms with Gasteiger partial charge in [0.15, 0.2) is 17.5 Å². The highest BCUT2D eigenvalue weighted by Gasteiger charge is 2.26. The maximum Gasteiger partial charge on any atom is 0.389 e. The highest BCUT2D eigenvalue weighted by molar-refractivity contribution is 5.46. The van der Waals surface area contributed by atoms with Crippen LogP contribution in [0.5, 0.6) is 0 Å². The van der Waals surface area contributed by atoms with Crippen LogP contribution in [0, 0.1) is 17.5 Å². The summed E-state index contributed by atoms with van der Waals surface area (Å²) < 4.78 is 74.6. The molecule has 0 aromatic heterocycles. The van der Waals surface area contributed by atoms with Gasteiger partial charge in [0.25, 0.3) is 0 Å². The molecule has 1 unspecified atom stereocenters. The smallest absolute Gasteiger partial charge is 0.380 e. The first kappa shape index (κ1) is 15.7. The van der Waals surface area contributed by atoms with E-state index in [1.807, 2.05) is 0 Å². The number of rotatable bonds is 5. The number of hydrogen-bond donors (Lipinski definition) is 1. The zero-order valence-electron chi connectivity index (χ0n) is 10.1. The average molecular weight is 285 g/mol. The molecule has 0 radical (unpaired) electrons. The Labute approximate surface area is 106 Å². The van der Waals surface area contributed by atoms with Crippen LogP contribution in [0.4, 0.5) is 32.0 Å². The quantitative estimate of drug-likeness (QED) is 0.614. The molecular weight excluding hydrogens is 272 g/mol. The van der Waals surface area contributed by atoms with Gasteiger partial charge in [-0.05, 0) is 31.9 Å². The van der Waals surface area contributed by atoms with E-state index in [1.165, 1.54) is 6.92 Å². The van der Waals surface area contributed by atoms with Gasteiger partial charge in [0, 0.05) is 12.5 Å². The molecule has 0 fully saturated rings. The van der Waals surface area contributed by atoms with E-state index in [0.29, 0.717) is 0 Å². The van der Waals surface area contributed by atoms with E-state index < -0.39 is 36.1 Å². The topological polar surface area (TPSA) is 12.0 Å². The first-order chi connectivity index (χ1) is 8.70. The molecular formula is C12H13F6N. The summed E-state index contributed by atoms with van der Waals surface area (Å²) in [4.78, 5) is 0. The van der Waals surface area contributed by atoms with Crippen molar-refractivity contribution in [2.45, 2.75) is 38.4 Å². The fraction of sp³-hybridized carbons (Fsp3) is 0.500. The molecule has 7 heteroatoms. The molecule has 1 aromatic carbocycles. The molecule has 19 heavy (non-hydrogen) atoms. The van der Waals surface area contributed by atoms with Crippen LogP contribution < -0.4 is 5.32 Å². The predicted octanol–water partition coefficient (Wildman–Crippen LogP) is 4.64. The fourth-order valence-corrected chi connectivity index (χ4v) is 1.58. The predicted molar refractivity (Wildman–Crippen MR) is 59.3 cm³/mol. The third-order valence-electron chi connectivity index (χ3n) is 2.53. The highest BCUT2D eigenvalue weighted by atomic mass is 19.4. The SMILES string of the molecule is CC(CCCC(F)(F)F)Nc1ccc(F)c(F)c1F. The second kappa shape index (κ2) is 6.16. The average Bonchev–Trinajstić information content (AvgIpc) is 2.28. The minimum Gasteiger partial charge on any atom is -0.380 e. The Morgan fingerprint density at radius 1 is 1.11 bits per heavy atom. The molecule has 108 valence electrons. The van der Waals surface area contributed by atoms with Crippen molar-refractivity contribution in [1.82, 2.24) is 0 Å². The van der Waals surface area contributed by atoms with E-state index in [9.17, 15) is 26.3 Å². The van der Waals surface area contributed by atoms with E-state index in [4.69, 9.17) is 0 Å². The Hall–Kier alpha value is -1.40. The number of anilines is 1. The van der Waals surface area contributed by atoms with E-state index in [0.717, 1.165) is 12.1 Å². The molecule has 0 bridgehead atoms.